The highest BCUT2D eigenvalue weighted by Gasteiger charge is 2.43. The third kappa shape index (κ3) is 5.07. The van der Waals surface area contributed by atoms with Crippen LogP contribution in [0, 0.1) is 11.8 Å². The van der Waals surface area contributed by atoms with Gasteiger partial charge in [-0.1, -0.05) is 12.8 Å². The maximum absolute atomic E-state index is 12.4. The van der Waals surface area contributed by atoms with E-state index in [0.29, 0.717) is 30.3 Å². The Morgan fingerprint density at radius 3 is 2.64 bits per heavy atom. The van der Waals surface area contributed by atoms with Crippen LogP contribution in [0.15, 0.2) is 0 Å². The van der Waals surface area contributed by atoms with E-state index < -0.39 is 0 Å². The van der Waals surface area contributed by atoms with E-state index in [1.54, 1.807) is 0 Å². The number of hydrogen-bond acceptors (Lipinski definition) is 4. The molecule has 28 heavy (non-hydrogen) atoms. The molecule has 2 bridgehead atoms. The average molecular weight is 391 g/mol. The van der Waals surface area contributed by atoms with Gasteiger partial charge in [0, 0.05) is 38.6 Å². The van der Waals surface area contributed by atoms with Crippen molar-refractivity contribution in [3.05, 3.63) is 0 Å². The van der Waals surface area contributed by atoms with Crippen LogP contribution in [0.4, 0.5) is 0 Å². The monoisotopic (exact) mass is 390 g/mol. The molecule has 0 spiro atoms. The maximum Gasteiger partial charge on any atom is 0.234 e. The minimum Gasteiger partial charge on any atom is -0.355 e. The highest BCUT2D eigenvalue weighted by Crippen LogP contribution is 2.37. The fourth-order valence-corrected chi connectivity index (χ4v) is 5.99. The van der Waals surface area contributed by atoms with Crippen molar-refractivity contribution in [3.63, 3.8) is 0 Å². The van der Waals surface area contributed by atoms with Crippen molar-refractivity contribution in [3.8, 4) is 0 Å². The molecule has 4 heterocycles. The van der Waals surface area contributed by atoms with Crippen molar-refractivity contribution < 1.29 is 9.59 Å². The highest BCUT2D eigenvalue weighted by atomic mass is 16.2. The van der Waals surface area contributed by atoms with Crippen LogP contribution in [0.1, 0.15) is 57.8 Å². The number of piperidine rings is 3. The van der Waals surface area contributed by atoms with Crippen LogP contribution in [-0.2, 0) is 9.59 Å². The zero-order valence-corrected chi connectivity index (χ0v) is 17.4. The molecule has 0 unspecified atom stereocenters. The van der Waals surface area contributed by atoms with Gasteiger partial charge >= 0.3 is 0 Å². The normalized spacial score (nSPS) is 31.9. The summed E-state index contributed by atoms with van der Waals surface area (Å²) in [6.07, 6.45) is 10.6. The van der Waals surface area contributed by atoms with Crippen molar-refractivity contribution in [1.82, 2.24) is 20.0 Å². The SMILES string of the molecule is O=C(CN1C[C@H]2C[C@H](C1)[C@H]1CCCC(=O)N1C2)NCCCN1CCCCCC1. The van der Waals surface area contributed by atoms with Crippen molar-refractivity contribution in [2.45, 2.75) is 63.8 Å². The predicted octanol–water partition coefficient (Wildman–Crippen LogP) is 1.70. The highest BCUT2D eigenvalue weighted by molar-refractivity contribution is 5.78. The van der Waals surface area contributed by atoms with Gasteiger partial charge in [-0.25, -0.2) is 0 Å². The zero-order chi connectivity index (χ0) is 19.3. The number of hydrogen-bond donors (Lipinski definition) is 1. The topological polar surface area (TPSA) is 55.9 Å². The Kier molecular flexibility index (Phi) is 6.89. The van der Waals surface area contributed by atoms with Gasteiger partial charge in [-0.2, -0.15) is 0 Å². The summed E-state index contributed by atoms with van der Waals surface area (Å²) in [6.45, 7) is 7.74. The average Bonchev–Trinajstić information content (AvgIpc) is 2.95. The fourth-order valence-electron chi connectivity index (χ4n) is 5.99. The van der Waals surface area contributed by atoms with Gasteiger partial charge < -0.3 is 15.1 Å². The predicted molar refractivity (Wildman–Crippen MR) is 110 cm³/mol. The van der Waals surface area contributed by atoms with Crippen LogP contribution in [0.25, 0.3) is 0 Å². The second-order valence-corrected chi connectivity index (χ2v) is 9.52. The first-order chi connectivity index (χ1) is 13.7. The van der Waals surface area contributed by atoms with Crippen LogP contribution in [0.2, 0.25) is 0 Å². The first-order valence-electron chi connectivity index (χ1n) is 11.7. The quantitative estimate of drug-likeness (QED) is 0.702. The van der Waals surface area contributed by atoms with Crippen molar-refractivity contribution in [1.29, 1.82) is 0 Å². The van der Waals surface area contributed by atoms with E-state index in [4.69, 9.17) is 0 Å². The number of amides is 2. The number of nitrogens with zero attached hydrogens (tertiary/aromatic N) is 3. The number of carbonyl (C=O) groups is 2. The smallest absolute Gasteiger partial charge is 0.234 e. The van der Waals surface area contributed by atoms with Crippen LogP contribution < -0.4 is 5.32 Å². The van der Waals surface area contributed by atoms with Crippen molar-refractivity contribution in [2.24, 2.45) is 11.8 Å². The molecule has 2 amide bonds. The molecule has 158 valence electrons. The van der Waals surface area contributed by atoms with Gasteiger partial charge in [0.15, 0.2) is 0 Å². The maximum atomic E-state index is 12.4. The van der Waals surface area contributed by atoms with Gasteiger partial charge in [-0.15, -0.1) is 0 Å². The second kappa shape index (κ2) is 9.57. The van der Waals surface area contributed by atoms with E-state index in [9.17, 15) is 9.59 Å². The van der Waals surface area contributed by atoms with E-state index in [0.717, 1.165) is 58.4 Å². The summed E-state index contributed by atoms with van der Waals surface area (Å²) in [5.41, 5.74) is 0. The zero-order valence-electron chi connectivity index (χ0n) is 17.4. The first kappa shape index (κ1) is 20.1. The Balaban J connectivity index is 1.17. The number of likely N-dealkylation sites (tertiary alicyclic amines) is 2. The molecule has 4 fully saturated rings. The Bertz CT molecular complexity index is 547. The number of carbonyl (C=O) groups excluding carboxylic acids is 2. The van der Waals surface area contributed by atoms with Gasteiger partial charge in [-0.05, 0) is 70.0 Å². The lowest BCUT2D eigenvalue weighted by Gasteiger charge is -2.52. The largest absolute Gasteiger partial charge is 0.355 e. The molecule has 6 heteroatoms. The minimum absolute atomic E-state index is 0.174. The second-order valence-electron chi connectivity index (χ2n) is 9.52. The van der Waals surface area contributed by atoms with E-state index >= 15 is 0 Å². The molecule has 0 aromatic heterocycles. The van der Waals surface area contributed by atoms with Crippen molar-refractivity contribution >= 4 is 11.8 Å². The van der Waals surface area contributed by atoms with Crippen LogP contribution in [0.3, 0.4) is 0 Å². The number of rotatable bonds is 6. The molecule has 1 N–H and O–H groups in total. The lowest BCUT2D eigenvalue weighted by Crippen LogP contribution is -2.61. The Morgan fingerprint density at radius 2 is 1.82 bits per heavy atom. The number of fused-ring (bicyclic) bond motifs is 4. The lowest BCUT2D eigenvalue weighted by molar-refractivity contribution is -0.145. The van der Waals surface area contributed by atoms with Gasteiger partial charge in [0.25, 0.3) is 0 Å². The molecule has 4 saturated heterocycles. The summed E-state index contributed by atoms with van der Waals surface area (Å²) in [5, 5.41) is 3.14. The van der Waals surface area contributed by atoms with E-state index in [1.165, 1.54) is 45.2 Å². The molecule has 4 rings (SSSR count). The summed E-state index contributed by atoms with van der Waals surface area (Å²) >= 11 is 0. The summed E-state index contributed by atoms with van der Waals surface area (Å²) in [6, 6.07) is 0.428. The molecular weight excluding hydrogens is 352 g/mol. The molecule has 0 aromatic carbocycles. The van der Waals surface area contributed by atoms with E-state index in [1.807, 2.05) is 0 Å². The third-order valence-electron chi connectivity index (χ3n) is 7.29. The molecule has 4 aliphatic heterocycles. The molecule has 0 aromatic rings. The summed E-state index contributed by atoms with van der Waals surface area (Å²) in [7, 11) is 0. The van der Waals surface area contributed by atoms with E-state index in [2.05, 4.69) is 20.0 Å². The molecular formula is C22H38N4O2. The fraction of sp³-hybridized carbons (Fsp3) is 0.909. The molecule has 6 nitrogen and oxygen atoms in total. The summed E-state index contributed by atoms with van der Waals surface area (Å²) in [4.78, 5) is 31.8. The van der Waals surface area contributed by atoms with Gasteiger partial charge in [0.1, 0.15) is 0 Å². The van der Waals surface area contributed by atoms with E-state index in [-0.39, 0.29) is 5.91 Å². The van der Waals surface area contributed by atoms with Gasteiger partial charge in [0.2, 0.25) is 11.8 Å². The Labute approximate surface area is 170 Å². The summed E-state index contributed by atoms with van der Waals surface area (Å²) in [5.74, 6) is 1.65. The van der Waals surface area contributed by atoms with Crippen LogP contribution in [-0.4, -0.2) is 84.9 Å². The minimum atomic E-state index is 0.174. The standard InChI is InChI=1S/C22H38N4O2/c27-21(23-9-6-12-24-10-3-1-2-4-11-24)17-25-14-18-13-19(16-25)20-7-5-8-22(28)26(20)15-18/h18-20H,1-17H2,(H,23,27)/t18-,19-,20-/m1/s1. The molecule has 4 aliphatic rings. The molecule has 3 atom stereocenters. The van der Waals surface area contributed by atoms with Gasteiger partial charge in [-0.3, -0.25) is 14.5 Å². The lowest BCUT2D eigenvalue weighted by atomic mass is 9.76. The Morgan fingerprint density at radius 1 is 1.00 bits per heavy atom. The third-order valence-corrected chi connectivity index (χ3v) is 7.29. The van der Waals surface area contributed by atoms with Gasteiger partial charge in [0.05, 0.1) is 6.54 Å². The van der Waals surface area contributed by atoms with Crippen LogP contribution in [0.5, 0.6) is 0 Å². The molecule has 0 saturated carbocycles. The van der Waals surface area contributed by atoms with Crippen LogP contribution >= 0.6 is 0 Å². The van der Waals surface area contributed by atoms with Crippen molar-refractivity contribution in [2.75, 3.05) is 52.4 Å². The molecule has 0 aliphatic carbocycles. The summed E-state index contributed by atoms with van der Waals surface area (Å²) < 4.78 is 0. The number of nitrogens with one attached hydrogen (secondary N) is 1. The Hall–Kier alpha value is -1.14. The molecule has 0 radical (unpaired) electrons. The first-order valence-corrected chi connectivity index (χ1v) is 11.7.